The molecule has 0 bridgehead atoms. The lowest BCUT2D eigenvalue weighted by Gasteiger charge is -2.10. The first-order chi connectivity index (χ1) is 16.5. The third-order valence-electron chi connectivity index (χ3n) is 4.94. The van der Waals surface area contributed by atoms with E-state index in [9.17, 15) is 9.59 Å². The molecule has 0 atom stereocenters. The normalized spacial score (nSPS) is 10.6. The van der Waals surface area contributed by atoms with E-state index >= 15 is 0 Å². The number of nitrogens with zero attached hydrogens (tertiary/aromatic N) is 3. The van der Waals surface area contributed by atoms with Gasteiger partial charge in [-0.05, 0) is 36.8 Å². The van der Waals surface area contributed by atoms with Crippen LogP contribution in [0.15, 0.2) is 60.1 Å². The third-order valence-corrected chi connectivity index (χ3v) is 5.91. The molecule has 2 aromatic carbocycles. The Hall–Kier alpha value is -4.18. The topological polar surface area (TPSA) is 107 Å². The lowest BCUT2D eigenvalue weighted by molar-refractivity contribution is -0.121. The molecule has 2 N–H and O–H groups in total. The third kappa shape index (κ3) is 5.07. The molecular weight excluding hydrogens is 454 g/mol. The molecule has 0 aliphatic heterocycles. The van der Waals surface area contributed by atoms with Crippen molar-refractivity contribution in [1.82, 2.24) is 25.6 Å². The zero-order valence-electron chi connectivity index (χ0n) is 18.9. The van der Waals surface area contributed by atoms with E-state index in [0.717, 1.165) is 11.4 Å². The quantitative estimate of drug-likeness (QED) is 0.396. The van der Waals surface area contributed by atoms with Crippen LogP contribution in [-0.4, -0.2) is 40.8 Å². The van der Waals surface area contributed by atoms with Crippen LogP contribution in [0.25, 0.3) is 16.8 Å². The lowest BCUT2D eigenvalue weighted by atomic mass is 10.1. The highest BCUT2D eigenvalue weighted by Crippen LogP contribution is 2.34. The maximum absolute atomic E-state index is 13.1. The van der Waals surface area contributed by atoms with Crippen molar-refractivity contribution in [2.24, 2.45) is 0 Å². The molecule has 34 heavy (non-hydrogen) atoms. The van der Waals surface area contributed by atoms with Crippen LogP contribution in [0.3, 0.4) is 0 Å². The Morgan fingerprint density at radius 2 is 1.79 bits per heavy atom. The average Bonchev–Trinajstić information content (AvgIpc) is 3.49. The number of hydrazine groups is 1. The van der Waals surface area contributed by atoms with Crippen LogP contribution in [0.4, 0.5) is 0 Å². The summed E-state index contributed by atoms with van der Waals surface area (Å²) in [5, 5.41) is 7.03. The number of para-hydroxylation sites is 1. The van der Waals surface area contributed by atoms with E-state index in [4.69, 9.17) is 9.47 Å². The smallest absolute Gasteiger partial charge is 0.290 e. The van der Waals surface area contributed by atoms with E-state index in [-0.39, 0.29) is 18.0 Å². The van der Waals surface area contributed by atoms with Crippen molar-refractivity contribution < 1.29 is 19.1 Å². The van der Waals surface area contributed by atoms with Crippen molar-refractivity contribution in [2.45, 2.75) is 13.3 Å². The summed E-state index contributed by atoms with van der Waals surface area (Å²) < 4.78 is 12.3. The van der Waals surface area contributed by atoms with Crippen molar-refractivity contribution in [3.05, 3.63) is 76.5 Å². The van der Waals surface area contributed by atoms with Gasteiger partial charge in [-0.2, -0.15) is 5.10 Å². The Labute approximate surface area is 200 Å². The van der Waals surface area contributed by atoms with Crippen LogP contribution >= 0.6 is 11.3 Å². The van der Waals surface area contributed by atoms with E-state index in [1.807, 2.05) is 48.7 Å². The van der Waals surface area contributed by atoms with Crippen LogP contribution in [0.1, 0.15) is 21.2 Å². The zero-order valence-corrected chi connectivity index (χ0v) is 19.7. The summed E-state index contributed by atoms with van der Waals surface area (Å²) in [6.45, 7) is 1.86. The molecule has 2 aromatic heterocycles. The number of hydrogen-bond donors (Lipinski definition) is 2. The number of carbonyl (C=O) groups is 2. The molecule has 0 saturated heterocycles. The van der Waals surface area contributed by atoms with Crippen molar-refractivity contribution in [3.63, 3.8) is 0 Å². The predicted octanol–water partition coefficient (Wildman–Crippen LogP) is 3.33. The van der Waals surface area contributed by atoms with Gasteiger partial charge in [0.05, 0.1) is 26.3 Å². The van der Waals surface area contributed by atoms with Gasteiger partial charge in [0.1, 0.15) is 5.01 Å². The first-order valence-corrected chi connectivity index (χ1v) is 11.2. The number of thiazole rings is 1. The van der Waals surface area contributed by atoms with E-state index in [0.29, 0.717) is 27.6 Å². The highest BCUT2D eigenvalue weighted by molar-refractivity contribution is 7.09. The molecule has 0 aliphatic carbocycles. The second-order valence-electron chi connectivity index (χ2n) is 7.30. The Kier molecular flexibility index (Phi) is 6.88. The van der Waals surface area contributed by atoms with Gasteiger partial charge >= 0.3 is 0 Å². The molecular formula is C24H23N5O4S. The number of hydrogen-bond acceptors (Lipinski definition) is 7. The fraction of sp³-hybridized carbons (Fsp3) is 0.167. The number of methoxy groups -OCH3 is 2. The Bertz CT molecular complexity index is 1320. The number of aryl methyl sites for hydroxylation is 1. The molecule has 0 aliphatic rings. The number of amides is 2. The molecule has 2 amide bonds. The van der Waals surface area contributed by atoms with E-state index in [2.05, 4.69) is 20.9 Å². The predicted molar refractivity (Wildman–Crippen MR) is 128 cm³/mol. The van der Waals surface area contributed by atoms with Crippen molar-refractivity contribution in [3.8, 4) is 28.3 Å². The maximum Gasteiger partial charge on any atom is 0.290 e. The van der Waals surface area contributed by atoms with Gasteiger partial charge in [0.15, 0.2) is 17.2 Å². The van der Waals surface area contributed by atoms with Crippen molar-refractivity contribution >= 4 is 23.2 Å². The average molecular weight is 478 g/mol. The Balaban J connectivity index is 1.61. The van der Waals surface area contributed by atoms with E-state index < -0.39 is 5.91 Å². The fourth-order valence-corrected chi connectivity index (χ4v) is 4.09. The van der Waals surface area contributed by atoms with Crippen molar-refractivity contribution in [1.29, 1.82) is 0 Å². The minimum absolute atomic E-state index is 0.0692. The monoisotopic (exact) mass is 477 g/mol. The lowest BCUT2D eigenvalue weighted by Crippen LogP contribution is -2.42. The van der Waals surface area contributed by atoms with Crippen LogP contribution in [0, 0.1) is 6.92 Å². The summed E-state index contributed by atoms with van der Waals surface area (Å²) in [6.07, 6.45) is 1.82. The summed E-state index contributed by atoms with van der Waals surface area (Å²) in [5.74, 6) is 0.157. The SMILES string of the molecule is COc1ccc(-c2cn(-c3ccccc3)nc2C(=O)NNC(=O)Cc2nc(C)cs2)cc1OC. The van der Waals surface area contributed by atoms with Gasteiger partial charge < -0.3 is 9.47 Å². The molecule has 2 heterocycles. The van der Waals surface area contributed by atoms with Crippen LogP contribution in [0.2, 0.25) is 0 Å². The standard InChI is InChI=1S/C24H23N5O4S/c1-15-14-34-22(25-15)12-21(30)26-27-24(31)23-18(13-29(28-23)17-7-5-4-6-8-17)16-9-10-19(32-2)20(11-16)33-3/h4-11,13-14H,12H2,1-3H3,(H,26,30)(H,27,31). The molecule has 0 radical (unpaired) electrons. The second-order valence-corrected chi connectivity index (χ2v) is 8.25. The second kappa shape index (κ2) is 10.2. The molecule has 174 valence electrons. The molecule has 4 rings (SSSR count). The van der Waals surface area contributed by atoms with Crippen LogP contribution in [0.5, 0.6) is 11.5 Å². The maximum atomic E-state index is 13.1. The Morgan fingerprint density at radius 1 is 1.03 bits per heavy atom. The van der Waals surface area contributed by atoms with Gasteiger partial charge in [-0.3, -0.25) is 20.4 Å². The molecule has 4 aromatic rings. The summed E-state index contributed by atoms with van der Waals surface area (Å²) >= 11 is 1.39. The Morgan fingerprint density at radius 3 is 2.47 bits per heavy atom. The molecule has 0 spiro atoms. The van der Waals surface area contributed by atoms with E-state index in [1.54, 1.807) is 37.2 Å². The zero-order chi connectivity index (χ0) is 24.1. The van der Waals surface area contributed by atoms with Gasteiger partial charge in [0.25, 0.3) is 5.91 Å². The first-order valence-electron chi connectivity index (χ1n) is 10.4. The van der Waals surface area contributed by atoms with Gasteiger partial charge in [-0.1, -0.05) is 24.3 Å². The number of rotatable bonds is 7. The largest absolute Gasteiger partial charge is 0.493 e. The number of aromatic nitrogens is 3. The highest BCUT2D eigenvalue weighted by atomic mass is 32.1. The van der Waals surface area contributed by atoms with Crippen LogP contribution in [-0.2, 0) is 11.2 Å². The fourth-order valence-electron chi connectivity index (χ4n) is 3.32. The first kappa shape index (κ1) is 23.0. The minimum Gasteiger partial charge on any atom is -0.493 e. The number of carbonyl (C=O) groups excluding carboxylic acids is 2. The van der Waals surface area contributed by atoms with Crippen molar-refractivity contribution in [2.75, 3.05) is 14.2 Å². The summed E-state index contributed by atoms with van der Waals surface area (Å²) in [7, 11) is 3.10. The molecule has 0 fully saturated rings. The van der Waals surface area contributed by atoms with Gasteiger partial charge in [0, 0.05) is 22.8 Å². The number of ether oxygens (including phenoxy) is 2. The van der Waals surface area contributed by atoms with Gasteiger partial charge in [0.2, 0.25) is 5.91 Å². The minimum atomic E-state index is -0.553. The number of nitrogens with one attached hydrogen (secondary N) is 2. The molecule has 9 nitrogen and oxygen atoms in total. The van der Waals surface area contributed by atoms with Gasteiger partial charge in [-0.15, -0.1) is 11.3 Å². The van der Waals surface area contributed by atoms with E-state index in [1.165, 1.54) is 11.3 Å². The molecule has 0 saturated carbocycles. The number of benzene rings is 2. The molecule has 10 heteroatoms. The molecule has 0 unspecified atom stereocenters. The van der Waals surface area contributed by atoms with Crippen LogP contribution < -0.4 is 20.3 Å². The highest BCUT2D eigenvalue weighted by Gasteiger charge is 2.21. The summed E-state index contributed by atoms with van der Waals surface area (Å²) in [6, 6.07) is 14.8. The summed E-state index contributed by atoms with van der Waals surface area (Å²) in [5.41, 5.74) is 7.94. The summed E-state index contributed by atoms with van der Waals surface area (Å²) in [4.78, 5) is 29.6. The van der Waals surface area contributed by atoms with Gasteiger partial charge in [-0.25, -0.2) is 9.67 Å².